The van der Waals surface area contributed by atoms with Crippen LogP contribution in [0.2, 0.25) is 0 Å². The fraction of sp³-hybridized carbons (Fsp3) is 0.385. The number of nitrogens with zero attached hydrogens (tertiary/aromatic N) is 8. The summed E-state index contributed by atoms with van der Waals surface area (Å²) in [5, 5.41) is 12.6. The van der Waals surface area contributed by atoms with Gasteiger partial charge < -0.3 is 25.1 Å². The minimum absolute atomic E-state index is 0.214. The lowest BCUT2D eigenvalue weighted by atomic mass is 10.2. The van der Waals surface area contributed by atoms with Crippen LogP contribution in [0.3, 0.4) is 0 Å². The first kappa shape index (κ1) is 24.7. The molecule has 2 fully saturated rings. The van der Waals surface area contributed by atoms with Crippen LogP contribution in [0.25, 0.3) is 28.3 Å². The van der Waals surface area contributed by atoms with Crippen LogP contribution in [-0.4, -0.2) is 92.4 Å². The molecule has 1 aromatic carbocycles. The predicted octanol–water partition coefficient (Wildman–Crippen LogP) is 1.97. The van der Waals surface area contributed by atoms with Crippen LogP contribution >= 0.6 is 0 Å². The Kier molecular flexibility index (Phi) is 6.20. The number of nitrogens with one attached hydrogen (secondary N) is 1. The highest BCUT2D eigenvalue weighted by molar-refractivity contribution is 5.90. The number of rotatable bonds is 7. The number of nitrogens with two attached hydrogens (primary N) is 1. The summed E-state index contributed by atoms with van der Waals surface area (Å²) in [5.74, 6) is 1.16. The molecule has 7 rings (SSSR count). The van der Waals surface area contributed by atoms with Gasteiger partial charge in [-0.05, 0) is 24.3 Å². The monoisotopic (exact) mass is 550 g/mol. The maximum absolute atomic E-state index is 14.9. The summed E-state index contributed by atoms with van der Waals surface area (Å²) in [6.07, 6.45) is 1.61. The zero-order chi connectivity index (χ0) is 27.2. The van der Waals surface area contributed by atoms with Crippen LogP contribution in [0.4, 0.5) is 20.4 Å². The third-order valence-electron chi connectivity index (χ3n) is 7.47. The molecule has 3 N–H and O–H groups in total. The van der Waals surface area contributed by atoms with E-state index in [4.69, 9.17) is 14.9 Å². The summed E-state index contributed by atoms with van der Waals surface area (Å²) < 4.78 is 43.1. The highest BCUT2D eigenvalue weighted by Gasteiger charge is 2.29. The van der Waals surface area contributed by atoms with Crippen molar-refractivity contribution >= 4 is 28.3 Å². The van der Waals surface area contributed by atoms with Gasteiger partial charge >= 0.3 is 0 Å². The van der Waals surface area contributed by atoms with Crippen LogP contribution in [0.15, 0.2) is 47.2 Å². The van der Waals surface area contributed by atoms with Crippen molar-refractivity contribution in [3.8, 4) is 17.3 Å². The van der Waals surface area contributed by atoms with Crippen molar-refractivity contribution in [2.75, 3.05) is 56.4 Å². The molecule has 40 heavy (non-hydrogen) atoms. The largest absolute Gasteiger partial charge is 0.486 e. The van der Waals surface area contributed by atoms with Crippen molar-refractivity contribution in [2.24, 2.45) is 0 Å². The van der Waals surface area contributed by atoms with E-state index in [2.05, 4.69) is 30.4 Å². The average Bonchev–Trinajstić information content (AvgIpc) is 3.76. The summed E-state index contributed by atoms with van der Waals surface area (Å²) in [4.78, 5) is 13.5. The van der Waals surface area contributed by atoms with E-state index >= 15 is 0 Å². The smallest absolute Gasteiger partial charge is 0.225 e. The first-order valence-corrected chi connectivity index (χ1v) is 13.2. The van der Waals surface area contributed by atoms with Crippen LogP contribution in [0.5, 0.6) is 5.75 Å². The number of hydrogen-bond donors (Lipinski definition) is 2. The molecule has 12 nitrogen and oxygen atoms in total. The molecule has 5 aromatic rings. The molecule has 2 aliphatic heterocycles. The maximum atomic E-state index is 14.9. The number of fused-ring (bicyclic) bond motifs is 3. The molecule has 0 bridgehead atoms. The Balaban J connectivity index is 0.990. The van der Waals surface area contributed by atoms with Crippen molar-refractivity contribution in [1.82, 2.24) is 39.6 Å². The minimum atomic E-state index is -1.09. The van der Waals surface area contributed by atoms with Crippen LogP contribution in [-0.2, 0) is 6.54 Å². The van der Waals surface area contributed by atoms with E-state index in [1.54, 1.807) is 36.7 Å². The molecule has 0 unspecified atom stereocenters. The van der Waals surface area contributed by atoms with Crippen molar-refractivity contribution in [3.05, 3.63) is 48.6 Å². The van der Waals surface area contributed by atoms with E-state index in [0.717, 1.165) is 25.0 Å². The topological polar surface area (TPSA) is 128 Å². The normalized spacial score (nSPS) is 20.2. The fourth-order valence-corrected chi connectivity index (χ4v) is 5.31. The lowest BCUT2D eigenvalue weighted by Gasteiger charge is -2.36. The van der Waals surface area contributed by atoms with Crippen LogP contribution in [0.1, 0.15) is 0 Å². The zero-order valence-electron chi connectivity index (χ0n) is 21.6. The number of halogens is 2. The number of hydrogen-bond acceptors (Lipinski definition) is 10. The number of alkyl halides is 1. The molecule has 2 atom stereocenters. The Bertz CT molecular complexity index is 1640. The summed E-state index contributed by atoms with van der Waals surface area (Å²) in [5.41, 5.74) is 7.93. The minimum Gasteiger partial charge on any atom is -0.486 e. The van der Waals surface area contributed by atoms with E-state index in [0.29, 0.717) is 60.5 Å². The van der Waals surface area contributed by atoms with E-state index in [1.807, 2.05) is 9.58 Å². The summed E-state index contributed by atoms with van der Waals surface area (Å²) >= 11 is 0. The van der Waals surface area contributed by atoms with Gasteiger partial charge in [-0.1, -0.05) is 0 Å². The zero-order valence-corrected chi connectivity index (χ0v) is 21.6. The molecular weight excluding hydrogens is 522 g/mol. The highest BCUT2D eigenvalue weighted by atomic mass is 19.1. The van der Waals surface area contributed by atoms with Gasteiger partial charge in [0.2, 0.25) is 11.8 Å². The molecular formula is C26H28F2N10O2. The summed E-state index contributed by atoms with van der Waals surface area (Å²) in [6, 6.07) is 8.33. The number of piperazine rings is 1. The Morgan fingerprint density at radius 1 is 1.07 bits per heavy atom. The van der Waals surface area contributed by atoms with E-state index in [9.17, 15) is 8.78 Å². The van der Waals surface area contributed by atoms with Gasteiger partial charge in [-0.2, -0.15) is 14.6 Å². The van der Waals surface area contributed by atoms with Gasteiger partial charge in [0.1, 0.15) is 17.7 Å². The second kappa shape index (κ2) is 10.0. The van der Waals surface area contributed by atoms with Gasteiger partial charge in [-0.25, -0.2) is 18.4 Å². The van der Waals surface area contributed by atoms with Gasteiger partial charge in [0.05, 0.1) is 30.1 Å². The molecule has 0 radical (unpaired) electrons. The van der Waals surface area contributed by atoms with E-state index < -0.39 is 12.3 Å². The Hall–Kier alpha value is -4.30. The lowest BCUT2D eigenvalue weighted by Crippen LogP contribution is -2.47. The number of aromatic nitrogens is 6. The van der Waals surface area contributed by atoms with E-state index in [-0.39, 0.29) is 18.3 Å². The molecule has 6 heterocycles. The van der Waals surface area contributed by atoms with Gasteiger partial charge in [-0.15, -0.1) is 5.10 Å². The Morgan fingerprint density at radius 2 is 1.95 bits per heavy atom. The van der Waals surface area contributed by atoms with Gasteiger partial charge in [0.15, 0.2) is 23.2 Å². The summed E-state index contributed by atoms with van der Waals surface area (Å²) in [6.45, 7) is 4.93. The first-order valence-electron chi connectivity index (χ1n) is 13.2. The predicted molar refractivity (Wildman–Crippen MR) is 143 cm³/mol. The SMILES string of the molecule is Nc1nc2c(cnn2CCN2CCN(c3ccc(O[C@@H]4CNC[C@@H]4F)cc3F)CC2)c2nc(-c3ccco3)nn12. The first-order chi connectivity index (χ1) is 19.5. The molecule has 0 spiro atoms. The second-order valence-corrected chi connectivity index (χ2v) is 10.00. The number of ether oxygens (including phenoxy) is 1. The third kappa shape index (κ3) is 4.48. The number of benzene rings is 1. The molecule has 208 valence electrons. The number of furan rings is 1. The fourth-order valence-electron chi connectivity index (χ4n) is 5.31. The molecule has 0 saturated carbocycles. The lowest BCUT2D eigenvalue weighted by molar-refractivity contribution is 0.139. The van der Waals surface area contributed by atoms with Crippen molar-refractivity contribution in [3.63, 3.8) is 0 Å². The van der Waals surface area contributed by atoms with Crippen molar-refractivity contribution in [2.45, 2.75) is 18.8 Å². The van der Waals surface area contributed by atoms with Crippen molar-refractivity contribution in [1.29, 1.82) is 0 Å². The molecule has 4 aromatic heterocycles. The highest BCUT2D eigenvalue weighted by Crippen LogP contribution is 2.27. The molecule has 0 aliphatic carbocycles. The van der Waals surface area contributed by atoms with E-state index in [1.165, 1.54) is 10.6 Å². The quantitative estimate of drug-likeness (QED) is 0.310. The average molecular weight is 551 g/mol. The number of anilines is 2. The van der Waals surface area contributed by atoms with Gasteiger partial charge in [-0.3, -0.25) is 4.90 Å². The second-order valence-electron chi connectivity index (χ2n) is 10.00. The Morgan fingerprint density at radius 3 is 2.70 bits per heavy atom. The standard InChI is InChI=1S/C26H28F2N10O2/c27-18-12-16(40-22-15-30-14-19(22)28)3-4-20(18)36-8-5-35(6-9-36)7-10-37-24-17(13-31-37)25-32-23(21-2-1-11-39-21)34-38(25)26(29)33-24/h1-4,11-13,19,22,30H,5-10,14-15H2,(H2,29,33)/t19-,22+/m0/s1. The molecule has 2 saturated heterocycles. The molecule has 0 amide bonds. The number of nitrogen functional groups attached to an aromatic ring is 1. The summed E-state index contributed by atoms with van der Waals surface area (Å²) in [7, 11) is 0. The maximum Gasteiger partial charge on any atom is 0.225 e. The van der Waals surface area contributed by atoms with Gasteiger partial charge in [0.25, 0.3) is 0 Å². The van der Waals surface area contributed by atoms with Crippen LogP contribution < -0.4 is 20.7 Å². The third-order valence-corrected chi connectivity index (χ3v) is 7.47. The molecule has 2 aliphatic rings. The van der Waals surface area contributed by atoms with Gasteiger partial charge in [0, 0.05) is 51.9 Å². The van der Waals surface area contributed by atoms with Crippen molar-refractivity contribution < 1.29 is 17.9 Å². The van der Waals surface area contributed by atoms with Crippen LogP contribution in [0, 0.1) is 5.82 Å². The molecule has 14 heteroatoms. The Labute approximate surface area is 227 Å².